The Morgan fingerprint density at radius 3 is 2.44 bits per heavy atom. The molecule has 4 nitrogen and oxygen atoms in total. The van der Waals surface area contributed by atoms with E-state index in [4.69, 9.17) is 0 Å². The van der Waals surface area contributed by atoms with Crippen LogP contribution in [0.2, 0.25) is 0 Å². The molecule has 0 atom stereocenters. The molecule has 3 aromatic rings. The highest BCUT2D eigenvalue weighted by atomic mass is 19.4. The molecule has 1 aromatic heterocycles. The van der Waals surface area contributed by atoms with E-state index in [1.807, 2.05) is 32.0 Å². The molecule has 7 heteroatoms. The van der Waals surface area contributed by atoms with Gasteiger partial charge in [-0.25, -0.2) is 4.79 Å². The monoisotopic (exact) mass is 375 g/mol. The molecule has 140 valence electrons. The molecule has 0 aliphatic rings. The largest absolute Gasteiger partial charge is 0.477 e. The zero-order valence-corrected chi connectivity index (χ0v) is 14.6. The number of carboxylic acid groups (broad SMARTS) is 1. The highest BCUT2D eigenvalue weighted by Crippen LogP contribution is 2.31. The maximum atomic E-state index is 13.1. The van der Waals surface area contributed by atoms with Gasteiger partial charge in [0.15, 0.2) is 0 Å². The molecule has 0 aliphatic heterocycles. The predicted octanol–water partition coefficient (Wildman–Crippen LogP) is 4.38. The second kappa shape index (κ2) is 6.57. The number of aromatic nitrogens is 1. The van der Waals surface area contributed by atoms with Crippen LogP contribution < -0.4 is 5.43 Å². The number of alkyl halides is 3. The van der Waals surface area contributed by atoms with Gasteiger partial charge in [0, 0.05) is 18.1 Å². The summed E-state index contributed by atoms with van der Waals surface area (Å²) in [5.41, 5.74) is 0.573. The number of fused-ring (bicyclic) bond motifs is 1. The van der Waals surface area contributed by atoms with Crippen LogP contribution in [-0.4, -0.2) is 15.6 Å². The number of carbonyl (C=O) groups is 1. The van der Waals surface area contributed by atoms with Gasteiger partial charge in [0.05, 0.1) is 11.1 Å². The molecule has 0 radical (unpaired) electrons. The first-order valence-electron chi connectivity index (χ1n) is 8.12. The normalized spacial score (nSPS) is 11.7. The van der Waals surface area contributed by atoms with E-state index in [0.29, 0.717) is 0 Å². The van der Waals surface area contributed by atoms with Crippen LogP contribution in [0.1, 0.15) is 32.6 Å². The van der Waals surface area contributed by atoms with Crippen molar-refractivity contribution >= 4 is 16.9 Å². The number of hydrogen-bond acceptors (Lipinski definition) is 2. The van der Waals surface area contributed by atoms with Gasteiger partial charge in [-0.3, -0.25) is 4.79 Å². The average molecular weight is 375 g/mol. The molecule has 27 heavy (non-hydrogen) atoms. The first-order valence-corrected chi connectivity index (χ1v) is 8.12. The van der Waals surface area contributed by atoms with Crippen LogP contribution in [0.5, 0.6) is 0 Å². The lowest BCUT2D eigenvalue weighted by atomic mass is 10.0. The Balaban J connectivity index is 2.30. The average Bonchev–Trinajstić information content (AvgIpc) is 2.59. The van der Waals surface area contributed by atoms with Crippen molar-refractivity contribution in [2.45, 2.75) is 26.6 Å². The van der Waals surface area contributed by atoms with Crippen LogP contribution in [0.15, 0.2) is 47.4 Å². The minimum Gasteiger partial charge on any atom is -0.477 e. The minimum absolute atomic E-state index is 0.0423. The third-order valence-electron chi connectivity index (χ3n) is 4.48. The van der Waals surface area contributed by atoms with Gasteiger partial charge in [-0.1, -0.05) is 23.8 Å². The van der Waals surface area contributed by atoms with E-state index in [2.05, 4.69) is 0 Å². The van der Waals surface area contributed by atoms with Crippen LogP contribution in [0.3, 0.4) is 0 Å². The first-order chi connectivity index (χ1) is 12.6. The predicted molar refractivity (Wildman–Crippen MR) is 95.2 cm³/mol. The molecule has 3 rings (SSSR count). The van der Waals surface area contributed by atoms with Crippen molar-refractivity contribution in [3.63, 3.8) is 0 Å². The molecule has 0 amide bonds. The lowest BCUT2D eigenvalue weighted by Gasteiger charge is -2.16. The summed E-state index contributed by atoms with van der Waals surface area (Å²) in [5.74, 6) is -1.42. The van der Waals surface area contributed by atoms with Gasteiger partial charge in [0.2, 0.25) is 5.43 Å². The zero-order valence-electron chi connectivity index (χ0n) is 14.6. The third-order valence-corrected chi connectivity index (χ3v) is 4.48. The third kappa shape index (κ3) is 3.58. The standard InChI is InChI=1S/C20H16F3NO3/c1-11-3-4-12(2)13(7-11)9-24-10-16(19(26)27)18(25)15-6-5-14(8-17(15)24)20(21,22)23/h3-8,10H,9H2,1-2H3,(H,26,27). The van der Waals surface area contributed by atoms with Crippen LogP contribution in [0.25, 0.3) is 10.9 Å². The van der Waals surface area contributed by atoms with Crippen molar-refractivity contribution in [2.24, 2.45) is 0 Å². The quantitative estimate of drug-likeness (QED) is 0.739. The lowest BCUT2D eigenvalue weighted by molar-refractivity contribution is -0.137. The Morgan fingerprint density at radius 2 is 1.81 bits per heavy atom. The fourth-order valence-electron chi connectivity index (χ4n) is 3.00. The molecule has 2 aromatic carbocycles. The van der Waals surface area contributed by atoms with E-state index < -0.39 is 28.7 Å². The summed E-state index contributed by atoms with van der Waals surface area (Å²) < 4.78 is 40.7. The van der Waals surface area contributed by atoms with Crippen molar-refractivity contribution < 1.29 is 23.1 Å². The summed E-state index contributed by atoms with van der Waals surface area (Å²) in [6.45, 7) is 3.89. The minimum atomic E-state index is -4.57. The van der Waals surface area contributed by atoms with Crippen molar-refractivity contribution in [1.82, 2.24) is 4.57 Å². The SMILES string of the molecule is Cc1ccc(C)c(Cn2cc(C(=O)O)c(=O)c3ccc(C(F)(F)F)cc32)c1. The lowest BCUT2D eigenvalue weighted by Crippen LogP contribution is -2.20. The summed E-state index contributed by atoms with van der Waals surface area (Å²) in [4.78, 5) is 23.8. The fourth-order valence-corrected chi connectivity index (χ4v) is 3.00. The molecular weight excluding hydrogens is 359 g/mol. The van der Waals surface area contributed by atoms with Gasteiger partial charge in [0.1, 0.15) is 5.56 Å². The number of nitrogens with zero attached hydrogens (tertiary/aromatic N) is 1. The maximum Gasteiger partial charge on any atom is 0.416 e. The molecule has 0 spiro atoms. The summed E-state index contributed by atoms with van der Waals surface area (Å²) in [6.07, 6.45) is -3.46. The Bertz CT molecular complexity index is 1110. The second-order valence-electron chi connectivity index (χ2n) is 6.46. The molecule has 1 N–H and O–H groups in total. The van der Waals surface area contributed by atoms with Crippen molar-refractivity contribution in [3.05, 3.63) is 80.6 Å². The molecule has 0 saturated heterocycles. The number of rotatable bonds is 3. The fraction of sp³-hybridized carbons (Fsp3) is 0.200. The smallest absolute Gasteiger partial charge is 0.416 e. The number of pyridine rings is 1. The summed E-state index contributed by atoms with van der Waals surface area (Å²) in [6, 6.07) is 8.38. The topological polar surface area (TPSA) is 59.3 Å². The molecular formula is C20H16F3NO3. The van der Waals surface area contributed by atoms with E-state index in [-0.39, 0.29) is 17.4 Å². The van der Waals surface area contributed by atoms with E-state index in [0.717, 1.165) is 41.1 Å². The van der Waals surface area contributed by atoms with Gasteiger partial charge in [0.25, 0.3) is 0 Å². The van der Waals surface area contributed by atoms with Gasteiger partial charge >= 0.3 is 12.1 Å². The Morgan fingerprint density at radius 1 is 1.11 bits per heavy atom. The van der Waals surface area contributed by atoms with Gasteiger partial charge < -0.3 is 9.67 Å². The highest BCUT2D eigenvalue weighted by molar-refractivity contribution is 5.92. The van der Waals surface area contributed by atoms with E-state index in [1.165, 1.54) is 4.57 Å². The van der Waals surface area contributed by atoms with E-state index in [9.17, 15) is 27.9 Å². The van der Waals surface area contributed by atoms with Crippen LogP contribution in [0, 0.1) is 13.8 Å². The Kier molecular flexibility index (Phi) is 4.55. The van der Waals surface area contributed by atoms with Crippen LogP contribution in [-0.2, 0) is 12.7 Å². The van der Waals surface area contributed by atoms with Crippen molar-refractivity contribution in [1.29, 1.82) is 0 Å². The summed E-state index contributed by atoms with van der Waals surface area (Å²) in [7, 11) is 0. The number of halogens is 3. The highest BCUT2D eigenvalue weighted by Gasteiger charge is 2.31. The molecule has 0 fully saturated rings. The maximum absolute atomic E-state index is 13.1. The van der Waals surface area contributed by atoms with Crippen molar-refractivity contribution in [3.8, 4) is 0 Å². The Hall–Kier alpha value is -3.09. The summed E-state index contributed by atoms with van der Waals surface area (Å²) >= 11 is 0. The number of benzene rings is 2. The molecule has 0 unspecified atom stereocenters. The second-order valence-corrected chi connectivity index (χ2v) is 6.46. The Labute approximate surface area is 152 Å². The van der Waals surface area contributed by atoms with Gasteiger partial charge in [-0.2, -0.15) is 13.2 Å². The van der Waals surface area contributed by atoms with E-state index >= 15 is 0 Å². The van der Waals surface area contributed by atoms with Gasteiger partial charge in [-0.05, 0) is 43.2 Å². The van der Waals surface area contributed by atoms with Crippen LogP contribution >= 0.6 is 0 Å². The molecule has 0 bridgehead atoms. The number of aryl methyl sites for hydroxylation is 2. The summed E-state index contributed by atoms with van der Waals surface area (Å²) in [5, 5.41) is 9.24. The number of hydrogen-bond donors (Lipinski definition) is 1. The number of aromatic carboxylic acids is 1. The van der Waals surface area contributed by atoms with E-state index in [1.54, 1.807) is 0 Å². The molecule has 0 aliphatic carbocycles. The molecule has 0 saturated carbocycles. The van der Waals surface area contributed by atoms with Crippen LogP contribution in [0.4, 0.5) is 13.2 Å². The van der Waals surface area contributed by atoms with Gasteiger partial charge in [-0.15, -0.1) is 0 Å². The number of carboxylic acids is 1. The first kappa shape index (κ1) is 18.7. The molecule has 1 heterocycles. The van der Waals surface area contributed by atoms with Crippen molar-refractivity contribution in [2.75, 3.05) is 0 Å². The zero-order chi connectivity index (χ0) is 19.9.